The van der Waals surface area contributed by atoms with Gasteiger partial charge in [-0.05, 0) is 25.9 Å². The van der Waals surface area contributed by atoms with Gasteiger partial charge in [0.2, 0.25) is 0 Å². The molecular weight excluding hydrogens is 138 g/mol. The van der Waals surface area contributed by atoms with Crippen LogP contribution in [0.25, 0.3) is 0 Å². The van der Waals surface area contributed by atoms with E-state index in [9.17, 15) is 4.79 Å². The van der Waals surface area contributed by atoms with E-state index in [2.05, 4.69) is 11.8 Å². The Morgan fingerprint density at radius 3 is 3.00 bits per heavy atom. The van der Waals surface area contributed by atoms with Gasteiger partial charge in [-0.2, -0.15) is 0 Å². The summed E-state index contributed by atoms with van der Waals surface area (Å²) in [5, 5.41) is 0. The number of carbonyl (C=O) groups excluding carboxylic acids is 1. The molecule has 1 aliphatic heterocycles. The van der Waals surface area contributed by atoms with E-state index in [0.29, 0.717) is 5.92 Å². The van der Waals surface area contributed by atoms with Crippen molar-refractivity contribution < 1.29 is 4.79 Å². The zero-order chi connectivity index (χ0) is 8.10. The standard InChI is InChI=1S/C9H17NO/c1-2-10-6-4-3-5-9(7-10)8-11/h8-9H,2-7H2,1H3. The summed E-state index contributed by atoms with van der Waals surface area (Å²) in [4.78, 5) is 12.9. The molecule has 1 heterocycles. The van der Waals surface area contributed by atoms with Gasteiger partial charge in [0.15, 0.2) is 0 Å². The molecule has 0 spiro atoms. The maximum atomic E-state index is 10.5. The lowest BCUT2D eigenvalue weighted by atomic mass is 10.1. The largest absolute Gasteiger partial charge is 0.303 e. The fourth-order valence-corrected chi connectivity index (χ4v) is 1.65. The van der Waals surface area contributed by atoms with Crippen LogP contribution in [-0.2, 0) is 4.79 Å². The van der Waals surface area contributed by atoms with Crippen LogP contribution in [-0.4, -0.2) is 30.8 Å². The van der Waals surface area contributed by atoms with Crippen molar-refractivity contribution in [3.05, 3.63) is 0 Å². The normalized spacial score (nSPS) is 27.9. The van der Waals surface area contributed by atoms with Gasteiger partial charge < -0.3 is 9.69 Å². The molecule has 2 nitrogen and oxygen atoms in total. The maximum absolute atomic E-state index is 10.5. The smallest absolute Gasteiger partial charge is 0.124 e. The number of likely N-dealkylation sites (tertiary alicyclic amines) is 1. The van der Waals surface area contributed by atoms with Crippen LogP contribution in [0.15, 0.2) is 0 Å². The van der Waals surface area contributed by atoms with Crippen LogP contribution >= 0.6 is 0 Å². The molecule has 1 atom stereocenters. The Morgan fingerprint density at radius 2 is 2.36 bits per heavy atom. The van der Waals surface area contributed by atoms with E-state index in [4.69, 9.17) is 0 Å². The summed E-state index contributed by atoms with van der Waals surface area (Å²) in [6.45, 7) is 5.42. The van der Waals surface area contributed by atoms with Gasteiger partial charge >= 0.3 is 0 Å². The fourth-order valence-electron chi connectivity index (χ4n) is 1.65. The highest BCUT2D eigenvalue weighted by Gasteiger charge is 2.15. The van der Waals surface area contributed by atoms with Crippen LogP contribution in [0.4, 0.5) is 0 Å². The number of rotatable bonds is 2. The number of nitrogens with zero attached hydrogens (tertiary/aromatic N) is 1. The molecular formula is C9H17NO. The second kappa shape index (κ2) is 4.50. The lowest BCUT2D eigenvalue weighted by Crippen LogP contribution is -2.28. The van der Waals surface area contributed by atoms with Gasteiger partial charge in [0.05, 0.1) is 0 Å². The van der Waals surface area contributed by atoms with Crippen molar-refractivity contribution in [1.82, 2.24) is 4.90 Å². The molecule has 0 bridgehead atoms. The van der Waals surface area contributed by atoms with E-state index in [1.54, 1.807) is 0 Å². The van der Waals surface area contributed by atoms with Gasteiger partial charge in [0.25, 0.3) is 0 Å². The summed E-state index contributed by atoms with van der Waals surface area (Å²) in [5.41, 5.74) is 0. The molecule has 1 rings (SSSR count). The Bertz CT molecular complexity index is 125. The monoisotopic (exact) mass is 155 g/mol. The van der Waals surface area contributed by atoms with Crippen LogP contribution in [0.3, 0.4) is 0 Å². The van der Waals surface area contributed by atoms with Crippen molar-refractivity contribution in [3.63, 3.8) is 0 Å². The van der Waals surface area contributed by atoms with Crippen LogP contribution in [0.1, 0.15) is 26.2 Å². The SMILES string of the molecule is CCN1CCCCC(C=O)C1. The van der Waals surface area contributed by atoms with Crippen molar-refractivity contribution >= 4 is 6.29 Å². The Labute approximate surface area is 68.6 Å². The van der Waals surface area contributed by atoms with Crippen LogP contribution in [0.5, 0.6) is 0 Å². The molecule has 0 aromatic heterocycles. The predicted octanol–water partition coefficient (Wildman–Crippen LogP) is 1.31. The topological polar surface area (TPSA) is 20.3 Å². The summed E-state index contributed by atoms with van der Waals surface area (Å²) < 4.78 is 0. The van der Waals surface area contributed by atoms with E-state index in [0.717, 1.165) is 25.8 Å². The van der Waals surface area contributed by atoms with Crippen LogP contribution in [0.2, 0.25) is 0 Å². The molecule has 64 valence electrons. The summed E-state index contributed by atoms with van der Waals surface area (Å²) in [6, 6.07) is 0. The average molecular weight is 155 g/mol. The molecule has 0 aromatic carbocycles. The summed E-state index contributed by atoms with van der Waals surface area (Å²) >= 11 is 0. The Morgan fingerprint density at radius 1 is 1.55 bits per heavy atom. The van der Waals surface area contributed by atoms with Crippen molar-refractivity contribution in [2.24, 2.45) is 5.92 Å². The van der Waals surface area contributed by atoms with E-state index in [1.165, 1.54) is 19.4 Å². The van der Waals surface area contributed by atoms with E-state index in [-0.39, 0.29) is 0 Å². The lowest BCUT2D eigenvalue weighted by Gasteiger charge is -2.18. The number of hydrogen-bond donors (Lipinski definition) is 0. The molecule has 1 fully saturated rings. The summed E-state index contributed by atoms with van der Waals surface area (Å²) in [7, 11) is 0. The van der Waals surface area contributed by atoms with Crippen LogP contribution < -0.4 is 0 Å². The Balaban J connectivity index is 2.39. The van der Waals surface area contributed by atoms with Gasteiger partial charge in [-0.3, -0.25) is 0 Å². The molecule has 0 amide bonds. The van der Waals surface area contributed by atoms with E-state index in [1.807, 2.05) is 0 Å². The van der Waals surface area contributed by atoms with Crippen molar-refractivity contribution in [3.8, 4) is 0 Å². The minimum Gasteiger partial charge on any atom is -0.303 e. The zero-order valence-electron chi connectivity index (χ0n) is 7.25. The highest BCUT2D eigenvalue weighted by molar-refractivity contribution is 5.53. The van der Waals surface area contributed by atoms with Gasteiger partial charge in [-0.1, -0.05) is 13.3 Å². The maximum Gasteiger partial charge on any atom is 0.124 e. The van der Waals surface area contributed by atoms with Gasteiger partial charge in [-0.15, -0.1) is 0 Å². The molecule has 11 heavy (non-hydrogen) atoms. The summed E-state index contributed by atoms with van der Waals surface area (Å²) in [5.74, 6) is 0.303. The second-order valence-electron chi connectivity index (χ2n) is 3.29. The van der Waals surface area contributed by atoms with Gasteiger partial charge in [-0.25, -0.2) is 0 Å². The third-order valence-electron chi connectivity index (χ3n) is 2.43. The number of aldehydes is 1. The van der Waals surface area contributed by atoms with Crippen molar-refractivity contribution in [1.29, 1.82) is 0 Å². The van der Waals surface area contributed by atoms with E-state index >= 15 is 0 Å². The minimum absolute atomic E-state index is 0.303. The highest BCUT2D eigenvalue weighted by Crippen LogP contribution is 2.13. The zero-order valence-corrected chi connectivity index (χ0v) is 7.25. The molecule has 0 aliphatic carbocycles. The highest BCUT2D eigenvalue weighted by atomic mass is 16.1. The third kappa shape index (κ3) is 2.62. The Hall–Kier alpha value is -0.370. The van der Waals surface area contributed by atoms with Gasteiger partial charge in [0.1, 0.15) is 6.29 Å². The number of carbonyl (C=O) groups is 1. The molecule has 1 aliphatic rings. The van der Waals surface area contributed by atoms with Crippen molar-refractivity contribution in [2.75, 3.05) is 19.6 Å². The first-order chi connectivity index (χ1) is 5.36. The first kappa shape index (κ1) is 8.72. The molecule has 1 saturated heterocycles. The average Bonchev–Trinajstić information content (AvgIpc) is 2.28. The fraction of sp³-hybridized carbons (Fsp3) is 0.889. The van der Waals surface area contributed by atoms with E-state index < -0.39 is 0 Å². The summed E-state index contributed by atoms with van der Waals surface area (Å²) in [6.07, 6.45) is 4.70. The molecule has 0 N–H and O–H groups in total. The van der Waals surface area contributed by atoms with Crippen LogP contribution in [0, 0.1) is 5.92 Å². The first-order valence-electron chi connectivity index (χ1n) is 4.54. The molecule has 2 heteroatoms. The second-order valence-corrected chi connectivity index (χ2v) is 3.29. The molecule has 0 aromatic rings. The number of hydrogen-bond acceptors (Lipinski definition) is 2. The van der Waals surface area contributed by atoms with Crippen molar-refractivity contribution in [2.45, 2.75) is 26.2 Å². The minimum atomic E-state index is 0.303. The molecule has 1 unspecified atom stereocenters. The Kier molecular flexibility index (Phi) is 3.57. The molecule has 0 saturated carbocycles. The first-order valence-corrected chi connectivity index (χ1v) is 4.54. The molecule has 0 radical (unpaired) electrons. The van der Waals surface area contributed by atoms with Gasteiger partial charge in [0, 0.05) is 12.5 Å². The quantitative estimate of drug-likeness (QED) is 0.560. The predicted molar refractivity (Wildman–Crippen MR) is 45.5 cm³/mol. The lowest BCUT2D eigenvalue weighted by molar-refractivity contribution is -0.111. The third-order valence-corrected chi connectivity index (χ3v) is 2.43.